The first-order valence-electron chi connectivity index (χ1n) is 6.79. The standard InChI is InChI=1S/C15H18N4O/c1-11-10-19(7-8-20-11)14-9-13(16)17-15(18-14)12-5-3-2-4-6-12/h2-6,9,11H,7-8,10H2,1H3,(H2,16,17,18). The highest BCUT2D eigenvalue weighted by molar-refractivity contribution is 5.60. The molecule has 1 aromatic heterocycles. The molecule has 1 unspecified atom stereocenters. The van der Waals surface area contributed by atoms with Crippen LogP contribution in [-0.4, -0.2) is 35.8 Å². The predicted molar refractivity (Wildman–Crippen MR) is 79.5 cm³/mol. The Hall–Kier alpha value is -2.14. The summed E-state index contributed by atoms with van der Waals surface area (Å²) in [5.74, 6) is 2.03. The van der Waals surface area contributed by atoms with Crippen LogP contribution in [-0.2, 0) is 4.74 Å². The van der Waals surface area contributed by atoms with Crippen LogP contribution in [0.1, 0.15) is 6.92 Å². The molecule has 1 atom stereocenters. The van der Waals surface area contributed by atoms with Gasteiger partial charge in [0.05, 0.1) is 12.7 Å². The first kappa shape index (κ1) is 12.9. The van der Waals surface area contributed by atoms with Crippen LogP contribution in [0, 0.1) is 0 Å². The van der Waals surface area contributed by atoms with Gasteiger partial charge < -0.3 is 15.4 Å². The summed E-state index contributed by atoms with van der Waals surface area (Å²) in [6.45, 7) is 4.43. The highest BCUT2D eigenvalue weighted by atomic mass is 16.5. The number of ether oxygens (including phenoxy) is 1. The summed E-state index contributed by atoms with van der Waals surface area (Å²) in [6.07, 6.45) is 0.208. The molecule has 2 heterocycles. The minimum Gasteiger partial charge on any atom is -0.384 e. The third-order valence-electron chi connectivity index (χ3n) is 3.33. The monoisotopic (exact) mass is 270 g/mol. The summed E-state index contributed by atoms with van der Waals surface area (Å²) in [5, 5.41) is 0. The van der Waals surface area contributed by atoms with E-state index in [0.717, 1.165) is 24.5 Å². The van der Waals surface area contributed by atoms with Crippen LogP contribution >= 0.6 is 0 Å². The lowest BCUT2D eigenvalue weighted by Crippen LogP contribution is -2.41. The second-order valence-electron chi connectivity index (χ2n) is 4.97. The molecule has 1 fully saturated rings. The van der Waals surface area contributed by atoms with Gasteiger partial charge in [-0.15, -0.1) is 0 Å². The lowest BCUT2D eigenvalue weighted by molar-refractivity contribution is 0.0529. The maximum absolute atomic E-state index is 5.93. The van der Waals surface area contributed by atoms with Gasteiger partial charge in [-0.05, 0) is 6.92 Å². The molecule has 0 spiro atoms. The molecule has 1 saturated heterocycles. The average Bonchev–Trinajstić information content (AvgIpc) is 2.47. The number of hydrogen-bond acceptors (Lipinski definition) is 5. The van der Waals surface area contributed by atoms with Crippen molar-refractivity contribution in [3.63, 3.8) is 0 Å². The topological polar surface area (TPSA) is 64.3 Å². The molecule has 3 rings (SSSR count). The van der Waals surface area contributed by atoms with Crippen molar-refractivity contribution >= 4 is 11.6 Å². The van der Waals surface area contributed by atoms with Crippen LogP contribution in [0.5, 0.6) is 0 Å². The number of nitrogens with zero attached hydrogens (tertiary/aromatic N) is 3. The lowest BCUT2D eigenvalue weighted by atomic mass is 10.2. The minimum atomic E-state index is 0.208. The molecule has 2 N–H and O–H groups in total. The highest BCUT2D eigenvalue weighted by Crippen LogP contribution is 2.22. The zero-order valence-corrected chi connectivity index (χ0v) is 11.5. The van der Waals surface area contributed by atoms with Crippen molar-refractivity contribution in [2.75, 3.05) is 30.3 Å². The molecule has 5 heteroatoms. The van der Waals surface area contributed by atoms with Crippen molar-refractivity contribution in [1.82, 2.24) is 9.97 Å². The van der Waals surface area contributed by atoms with E-state index < -0.39 is 0 Å². The Bertz CT molecular complexity index is 588. The van der Waals surface area contributed by atoms with Gasteiger partial charge in [-0.3, -0.25) is 0 Å². The van der Waals surface area contributed by atoms with Gasteiger partial charge >= 0.3 is 0 Å². The van der Waals surface area contributed by atoms with Crippen LogP contribution in [0.4, 0.5) is 11.6 Å². The number of nitrogens with two attached hydrogens (primary N) is 1. The normalized spacial score (nSPS) is 19.1. The van der Waals surface area contributed by atoms with Crippen molar-refractivity contribution in [2.45, 2.75) is 13.0 Å². The number of morpholine rings is 1. The maximum atomic E-state index is 5.93. The van der Waals surface area contributed by atoms with E-state index in [1.54, 1.807) is 0 Å². The van der Waals surface area contributed by atoms with E-state index in [1.807, 2.05) is 36.4 Å². The second kappa shape index (κ2) is 5.46. The second-order valence-corrected chi connectivity index (χ2v) is 4.97. The Balaban J connectivity index is 1.94. The summed E-state index contributed by atoms with van der Waals surface area (Å²) in [4.78, 5) is 11.2. The number of aromatic nitrogens is 2. The van der Waals surface area contributed by atoms with Crippen molar-refractivity contribution in [3.8, 4) is 11.4 Å². The third-order valence-corrected chi connectivity index (χ3v) is 3.33. The molecule has 2 aromatic rings. The molecule has 1 aromatic carbocycles. The molecule has 1 aliphatic heterocycles. The molecule has 0 bridgehead atoms. The van der Waals surface area contributed by atoms with E-state index in [-0.39, 0.29) is 6.10 Å². The molecular formula is C15H18N4O. The Morgan fingerprint density at radius 3 is 2.80 bits per heavy atom. The van der Waals surface area contributed by atoms with E-state index in [9.17, 15) is 0 Å². The summed E-state index contributed by atoms with van der Waals surface area (Å²) in [6, 6.07) is 11.7. The SMILES string of the molecule is CC1CN(c2cc(N)nc(-c3ccccc3)n2)CCO1. The van der Waals surface area contributed by atoms with Crippen molar-refractivity contribution in [2.24, 2.45) is 0 Å². The van der Waals surface area contributed by atoms with E-state index >= 15 is 0 Å². The van der Waals surface area contributed by atoms with Crippen molar-refractivity contribution < 1.29 is 4.74 Å². The largest absolute Gasteiger partial charge is 0.384 e. The minimum absolute atomic E-state index is 0.208. The van der Waals surface area contributed by atoms with E-state index in [0.29, 0.717) is 18.2 Å². The summed E-state index contributed by atoms with van der Waals surface area (Å²) in [7, 11) is 0. The van der Waals surface area contributed by atoms with E-state index in [2.05, 4.69) is 21.8 Å². The molecule has 0 radical (unpaired) electrons. The number of rotatable bonds is 2. The Labute approximate surface area is 118 Å². The van der Waals surface area contributed by atoms with Gasteiger partial charge in [0.25, 0.3) is 0 Å². The fraction of sp³-hybridized carbons (Fsp3) is 0.333. The third kappa shape index (κ3) is 2.72. The van der Waals surface area contributed by atoms with Gasteiger partial charge in [0, 0.05) is 24.7 Å². The quantitative estimate of drug-likeness (QED) is 0.903. The fourth-order valence-corrected chi connectivity index (χ4v) is 2.36. The van der Waals surface area contributed by atoms with E-state index in [1.165, 1.54) is 0 Å². The van der Waals surface area contributed by atoms with E-state index in [4.69, 9.17) is 10.5 Å². The number of benzene rings is 1. The van der Waals surface area contributed by atoms with Crippen LogP contribution in [0.25, 0.3) is 11.4 Å². The zero-order valence-electron chi connectivity index (χ0n) is 11.5. The molecule has 1 aliphatic rings. The predicted octanol–water partition coefficient (Wildman–Crippen LogP) is 1.95. The van der Waals surface area contributed by atoms with Gasteiger partial charge in [0.15, 0.2) is 5.82 Å². The van der Waals surface area contributed by atoms with Crippen LogP contribution < -0.4 is 10.6 Å². The van der Waals surface area contributed by atoms with Gasteiger partial charge in [-0.25, -0.2) is 9.97 Å². The zero-order chi connectivity index (χ0) is 13.9. The lowest BCUT2D eigenvalue weighted by Gasteiger charge is -2.32. The summed E-state index contributed by atoms with van der Waals surface area (Å²) < 4.78 is 5.56. The van der Waals surface area contributed by atoms with Gasteiger partial charge in [0.2, 0.25) is 0 Å². The first-order chi connectivity index (χ1) is 9.72. The molecule has 0 amide bonds. The average molecular weight is 270 g/mol. The summed E-state index contributed by atoms with van der Waals surface area (Å²) in [5.41, 5.74) is 6.90. The Morgan fingerprint density at radius 1 is 1.25 bits per heavy atom. The Kier molecular flexibility index (Phi) is 3.52. The van der Waals surface area contributed by atoms with Crippen LogP contribution in [0.3, 0.4) is 0 Å². The smallest absolute Gasteiger partial charge is 0.163 e. The summed E-state index contributed by atoms with van der Waals surface area (Å²) >= 11 is 0. The molecule has 104 valence electrons. The number of anilines is 2. The Morgan fingerprint density at radius 2 is 2.05 bits per heavy atom. The van der Waals surface area contributed by atoms with Gasteiger partial charge in [-0.1, -0.05) is 30.3 Å². The molecule has 20 heavy (non-hydrogen) atoms. The van der Waals surface area contributed by atoms with Crippen molar-refractivity contribution in [3.05, 3.63) is 36.4 Å². The van der Waals surface area contributed by atoms with Crippen LogP contribution in [0.2, 0.25) is 0 Å². The fourth-order valence-electron chi connectivity index (χ4n) is 2.36. The molecular weight excluding hydrogens is 252 g/mol. The van der Waals surface area contributed by atoms with Gasteiger partial charge in [0.1, 0.15) is 11.6 Å². The maximum Gasteiger partial charge on any atom is 0.163 e. The van der Waals surface area contributed by atoms with Gasteiger partial charge in [-0.2, -0.15) is 0 Å². The highest BCUT2D eigenvalue weighted by Gasteiger charge is 2.19. The molecule has 0 aliphatic carbocycles. The molecule has 0 saturated carbocycles. The van der Waals surface area contributed by atoms with Crippen LogP contribution in [0.15, 0.2) is 36.4 Å². The number of nitrogen functional groups attached to an aromatic ring is 1. The van der Waals surface area contributed by atoms with Crippen molar-refractivity contribution in [1.29, 1.82) is 0 Å². The molecule has 5 nitrogen and oxygen atoms in total. The number of hydrogen-bond donors (Lipinski definition) is 1. The first-order valence-corrected chi connectivity index (χ1v) is 6.79.